The van der Waals surface area contributed by atoms with Gasteiger partial charge in [0.15, 0.2) is 5.69 Å². The van der Waals surface area contributed by atoms with Crippen LogP contribution in [0.1, 0.15) is 45.1 Å². The van der Waals surface area contributed by atoms with Gasteiger partial charge in [0, 0.05) is 18.7 Å². The normalized spacial score (nSPS) is 20.2. The van der Waals surface area contributed by atoms with Crippen molar-refractivity contribution in [2.45, 2.75) is 45.8 Å². The fourth-order valence-corrected chi connectivity index (χ4v) is 2.01. The summed E-state index contributed by atoms with van der Waals surface area (Å²) in [7, 11) is 1.13. The topological polar surface area (TPSA) is 62.6 Å². The minimum Gasteiger partial charge on any atom is -0.461 e. The summed E-state index contributed by atoms with van der Waals surface area (Å²) in [4.78, 5) is 11.9. The molecule has 0 N–H and O–H groups in total. The maximum absolute atomic E-state index is 11.9. The Hall–Kier alpha value is -1.34. The first-order chi connectivity index (χ1) is 9.18. The van der Waals surface area contributed by atoms with Crippen molar-refractivity contribution in [3.05, 3.63) is 11.9 Å². The van der Waals surface area contributed by atoms with E-state index in [0.717, 1.165) is 0 Å². The molecule has 1 aromatic heterocycles. The molecule has 0 radical (unpaired) electrons. The first-order valence-electron chi connectivity index (χ1n) is 6.74. The minimum atomic E-state index is -0.617. The van der Waals surface area contributed by atoms with Crippen LogP contribution < -0.4 is 5.46 Å². The fraction of sp³-hybridized carbons (Fsp3) is 0.692. The monoisotopic (exact) mass is 280 g/mol. The van der Waals surface area contributed by atoms with Crippen LogP contribution in [0.3, 0.4) is 0 Å². The highest BCUT2D eigenvalue weighted by molar-refractivity contribution is 6.63. The zero-order valence-electron chi connectivity index (χ0n) is 12.9. The fourth-order valence-electron chi connectivity index (χ4n) is 2.01. The summed E-state index contributed by atoms with van der Waals surface area (Å²) in [5.74, 6) is -0.460. The highest BCUT2D eigenvalue weighted by Gasteiger charge is 2.53. The molecule has 2 heterocycles. The van der Waals surface area contributed by atoms with Crippen molar-refractivity contribution in [3.63, 3.8) is 0 Å². The van der Waals surface area contributed by atoms with Gasteiger partial charge in [-0.2, -0.15) is 5.10 Å². The summed E-state index contributed by atoms with van der Waals surface area (Å²) in [5, 5.41) is 4.15. The molecular weight excluding hydrogens is 259 g/mol. The summed E-state index contributed by atoms with van der Waals surface area (Å²) < 4.78 is 18.5. The van der Waals surface area contributed by atoms with Crippen LogP contribution in [0.5, 0.6) is 0 Å². The molecule has 20 heavy (non-hydrogen) atoms. The molecule has 1 aromatic rings. The molecule has 110 valence electrons. The van der Waals surface area contributed by atoms with E-state index in [2.05, 4.69) is 5.10 Å². The van der Waals surface area contributed by atoms with Crippen molar-refractivity contribution >= 4 is 18.6 Å². The second-order valence-corrected chi connectivity index (χ2v) is 5.92. The van der Waals surface area contributed by atoms with Gasteiger partial charge in [0.05, 0.1) is 17.8 Å². The molecular formula is C13H21BN2O4. The smallest absolute Gasteiger partial charge is 0.461 e. The lowest BCUT2D eigenvalue weighted by Gasteiger charge is -2.32. The number of carbonyl (C=O) groups is 1. The van der Waals surface area contributed by atoms with E-state index in [-0.39, 0.29) is 5.69 Å². The van der Waals surface area contributed by atoms with Gasteiger partial charge in [-0.25, -0.2) is 4.79 Å². The zero-order valence-corrected chi connectivity index (χ0v) is 12.9. The molecule has 1 saturated heterocycles. The first kappa shape index (κ1) is 15.1. The van der Waals surface area contributed by atoms with Crippen molar-refractivity contribution in [1.29, 1.82) is 0 Å². The van der Waals surface area contributed by atoms with Crippen LogP contribution in [-0.2, 0) is 21.1 Å². The van der Waals surface area contributed by atoms with Crippen molar-refractivity contribution < 1.29 is 18.8 Å². The number of esters is 1. The van der Waals surface area contributed by atoms with Gasteiger partial charge in [0.25, 0.3) is 0 Å². The van der Waals surface area contributed by atoms with E-state index in [1.807, 2.05) is 27.7 Å². The standard InChI is InChI=1S/C13H21BN2O4/c1-7-18-11(17)10-9(8-16(6)15-10)14-19-12(2,3)13(4,5)20-14/h8H,7H2,1-6H3. The van der Waals surface area contributed by atoms with Crippen LogP contribution in [0.15, 0.2) is 6.20 Å². The molecule has 0 aliphatic carbocycles. The van der Waals surface area contributed by atoms with Gasteiger partial charge in [-0.15, -0.1) is 0 Å². The number of rotatable bonds is 3. The third-order valence-corrected chi connectivity index (χ3v) is 3.83. The minimum absolute atomic E-state index is 0.243. The number of aromatic nitrogens is 2. The lowest BCUT2D eigenvalue weighted by molar-refractivity contribution is 0.00578. The Morgan fingerprint density at radius 1 is 1.35 bits per heavy atom. The van der Waals surface area contributed by atoms with Crippen LogP contribution in [0.2, 0.25) is 0 Å². The van der Waals surface area contributed by atoms with Crippen LogP contribution in [0.4, 0.5) is 0 Å². The Kier molecular flexibility index (Phi) is 3.68. The van der Waals surface area contributed by atoms with Crippen LogP contribution in [0.25, 0.3) is 0 Å². The summed E-state index contributed by atoms with van der Waals surface area (Å²) in [6.07, 6.45) is 1.73. The average molecular weight is 280 g/mol. The second-order valence-electron chi connectivity index (χ2n) is 5.92. The Morgan fingerprint density at radius 2 is 1.90 bits per heavy atom. The number of nitrogens with zero attached hydrogens (tertiary/aromatic N) is 2. The van der Waals surface area contributed by atoms with Crippen molar-refractivity contribution in [2.75, 3.05) is 6.61 Å². The van der Waals surface area contributed by atoms with Gasteiger partial charge in [-0.05, 0) is 34.6 Å². The molecule has 6 nitrogen and oxygen atoms in total. The van der Waals surface area contributed by atoms with E-state index < -0.39 is 24.3 Å². The number of hydrogen-bond acceptors (Lipinski definition) is 5. The lowest BCUT2D eigenvalue weighted by Crippen LogP contribution is -2.41. The van der Waals surface area contributed by atoms with Gasteiger partial charge in [-0.3, -0.25) is 4.68 Å². The molecule has 7 heteroatoms. The number of ether oxygens (including phenoxy) is 1. The van der Waals surface area contributed by atoms with Crippen molar-refractivity contribution in [1.82, 2.24) is 9.78 Å². The summed E-state index contributed by atoms with van der Waals surface area (Å²) >= 11 is 0. The Balaban J connectivity index is 2.33. The summed E-state index contributed by atoms with van der Waals surface area (Å²) in [5.41, 5.74) is -0.0729. The van der Waals surface area contributed by atoms with E-state index in [4.69, 9.17) is 14.0 Å². The van der Waals surface area contributed by atoms with E-state index in [1.165, 1.54) is 0 Å². The van der Waals surface area contributed by atoms with E-state index in [0.29, 0.717) is 12.1 Å². The van der Waals surface area contributed by atoms with Gasteiger partial charge < -0.3 is 14.0 Å². The van der Waals surface area contributed by atoms with E-state index in [9.17, 15) is 4.79 Å². The predicted molar refractivity (Wildman–Crippen MR) is 74.9 cm³/mol. The molecule has 0 bridgehead atoms. The predicted octanol–water partition coefficient (Wildman–Crippen LogP) is 0.896. The second kappa shape index (κ2) is 4.89. The highest BCUT2D eigenvalue weighted by Crippen LogP contribution is 2.36. The maximum Gasteiger partial charge on any atom is 0.498 e. The molecule has 1 aliphatic rings. The molecule has 0 amide bonds. The molecule has 0 aromatic carbocycles. The van der Waals surface area contributed by atoms with Crippen molar-refractivity contribution in [2.24, 2.45) is 7.05 Å². The largest absolute Gasteiger partial charge is 0.498 e. The highest BCUT2D eigenvalue weighted by atomic mass is 16.7. The van der Waals surface area contributed by atoms with Gasteiger partial charge in [-0.1, -0.05) is 0 Å². The third-order valence-electron chi connectivity index (χ3n) is 3.83. The average Bonchev–Trinajstić information content (AvgIpc) is 2.78. The molecule has 0 atom stereocenters. The first-order valence-corrected chi connectivity index (χ1v) is 6.74. The Bertz CT molecular complexity index is 508. The Morgan fingerprint density at radius 3 is 2.40 bits per heavy atom. The third kappa shape index (κ3) is 2.47. The molecule has 1 fully saturated rings. The molecule has 0 unspecified atom stereocenters. The molecule has 0 spiro atoms. The molecule has 2 rings (SSSR count). The van der Waals surface area contributed by atoms with Crippen molar-refractivity contribution in [3.8, 4) is 0 Å². The lowest BCUT2D eigenvalue weighted by atomic mass is 9.79. The van der Waals surface area contributed by atoms with Gasteiger partial charge in [0.1, 0.15) is 0 Å². The number of hydrogen-bond donors (Lipinski definition) is 0. The SMILES string of the molecule is CCOC(=O)c1nn(C)cc1B1OC(C)(C)C(C)(C)O1. The van der Waals surface area contributed by atoms with E-state index in [1.54, 1.807) is 24.9 Å². The molecule has 1 aliphatic heterocycles. The number of aryl methyl sites for hydroxylation is 1. The van der Waals surface area contributed by atoms with Gasteiger partial charge >= 0.3 is 13.1 Å². The summed E-state index contributed by atoms with van der Waals surface area (Å²) in [6.45, 7) is 9.93. The summed E-state index contributed by atoms with van der Waals surface area (Å²) in [6, 6.07) is 0. The van der Waals surface area contributed by atoms with Gasteiger partial charge in [0.2, 0.25) is 0 Å². The number of carbonyl (C=O) groups excluding carboxylic acids is 1. The maximum atomic E-state index is 11.9. The Labute approximate surface area is 119 Å². The van der Waals surface area contributed by atoms with Crippen LogP contribution in [0, 0.1) is 0 Å². The quantitative estimate of drug-likeness (QED) is 0.608. The molecule has 0 saturated carbocycles. The zero-order chi connectivity index (χ0) is 15.1. The van der Waals surface area contributed by atoms with Crippen LogP contribution >= 0.6 is 0 Å². The van der Waals surface area contributed by atoms with E-state index >= 15 is 0 Å². The van der Waals surface area contributed by atoms with Crippen LogP contribution in [-0.4, -0.2) is 40.7 Å².